The fraction of sp³-hybridized carbons (Fsp3) is 0.435. The van der Waals surface area contributed by atoms with Gasteiger partial charge in [0, 0.05) is 13.1 Å². The van der Waals surface area contributed by atoms with Gasteiger partial charge < -0.3 is 24.8 Å². The van der Waals surface area contributed by atoms with Crippen LogP contribution in [0, 0.1) is 0 Å². The van der Waals surface area contributed by atoms with Gasteiger partial charge in [-0.2, -0.15) is 0 Å². The average Bonchev–Trinajstić information content (AvgIpc) is 3.26. The Morgan fingerprint density at radius 2 is 1.66 bits per heavy atom. The standard InChI is InChI=1S/C23H30N2O4/c1-27-19-10-7-17(8-11-19)13-14-24-23(26)25-16-18-9-12-21(28-2)22(15-18)29-20-5-3-4-6-20/h7-12,15,20H,3-6,13-14,16H2,1-2H3,(H2,24,25,26). The van der Waals surface area contributed by atoms with Crippen LogP contribution in [-0.4, -0.2) is 32.9 Å². The van der Waals surface area contributed by atoms with Crippen LogP contribution < -0.4 is 24.8 Å². The highest BCUT2D eigenvalue weighted by Crippen LogP contribution is 2.32. The first kappa shape index (κ1) is 20.8. The summed E-state index contributed by atoms with van der Waals surface area (Å²) in [7, 11) is 3.29. The van der Waals surface area contributed by atoms with E-state index in [-0.39, 0.29) is 12.1 Å². The molecule has 0 aromatic heterocycles. The molecule has 1 aliphatic rings. The summed E-state index contributed by atoms with van der Waals surface area (Å²) in [5, 5.41) is 5.78. The summed E-state index contributed by atoms with van der Waals surface area (Å²) in [5.74, 6) is 2.30. The molecule has 0 spiro atoms. The molecule has 0 atom stereocenters. The minimum absolute atomic E-state index is 0.187. The van der Waals surface area contributed by atoms with E-state index < -0.39 is 0 Å². The number of methoxy groups -OCH3 is 2. The molecule has 1 saturated carbocycles. The largest absolute Gasteiger partial charge is 0.497 e. The van der Waals surface area contributed by atoms with Crippen molar-refractivity contribution >= 4 is 6.03 Å². The van der Waals surface area contributed by atoms with Gasteiger partial charge >= 0.3 is 6.03 Å². The van der Waals surface area contributed by atoms with Crippen LogP contribution in [0.1, 0.15) is 36.8 Å². The molecule has 2 aromatic carbocycles. The number of rotatable bonds is 9. The molecule has 29 heavy (non-hydrogen) atoms. The lowest BCUT2D eigenvalue weighted by molar-refractivity contribution is 0.200. The molecule has 0 saturated heterocycles. The number of ether oxygens (including phenoxy) is 3. The second kappa shape index (κ2) is 10.6. The Balaban J connectivity index is 1.45. The van der Waals surface area contributed by atoms with Crippen LogP contribution in [0.3, 0.4) is 0 Å². The third-order valence-corrected chi connectivity index (χ3v) is 5.14. The summed E-state index contributed by atoms with van der Waals surface area (Å²) in [4.78, 5) is 12.1. The lowest BCUT2D eigenvalue weighted by Crippen LogP contribution is -2.36. The van der Waals surface area contributed by atoms with Crippen molar-refractivity contribution in [2.45, 2.75) is 44.8 Å². The normalized spacial score (nSPS) is 13.7. The smallest absolute Gasteiger partial charge is 0.315 e. The van der Waals surface area contributed by atoms with Gasteiger partial charge in [-0.25, -0.2) is 4.79 Å². The van der Waals surface area contributed by atoms with Crippen LogP contribution in [0.15, 0.2) is 42.5 Å². The fourth-order valence-corrected chi connectivity index (χ4v) is 3.47. The number of amides is 2. The highest BCUT2D eigenvalue weighted by atomic mass is 16.5. The number of carbonyl (C=O) groups is 1. The molecule has 1 aliphatic carbocycles. The fourth-order valence-electron chi connectivity index (χ4n) is 3.47. The molecule has 0 bridgehead atoms. The second-order valence-electron chi connectivity index (χ2n) is 7.22. The van der Waals surface area contributed by atoms with Crippen molar-refractivity contribution in [1.82, 2.24) is 10.6 Å². The van der Waals surface area contributed by atoms with E-state index in [4.69, 9.17) is 14.2 Å². The first-order chi connectivity index (χ1) is 14.2. The molecule has 0 heterocycles. The monoisotopic (exact) mass is 398 g/mol. The van der Waals surface area contributed by atoms with Gasteiger partial charge in [0.1, 0.15) is 5.75 Å². The zero-order valence-electron chi connectivity index (χ0n) is 17.2. The van der Waals surface area contributed by atoms with Crippen molar-refractivity contribution in [2.75, 3.05) is 20.8 Å². The predicted molar refractivity (Wildman–Crippen MR) is 113 cm³/mol. The summed E-state index contributed by atoms with van der Waals surface area (Å²) >= 11 is 0. The number of urea groups is 1. The number of hydrogen-bond donors (Lipinski definition) is 2. The van der Waals surface area contributed by atoms with E-state index in [2.05, 4.69) is 10.6 Å². The van der Waals surface area contributed by atoms with Crippen LogP contribution in [0.4, 0.5) is 4.79 Å². The molecular weight excluding hydrogens is 368 g/mol. The summed E-state index contributed by atoms with van der Waals surface area (Å²) in [6.07, 6.45) is 5.62. The Bertz CT molecular complexity index is 786. The van der Waals surface area contributed by atoms with Crippen LogP contribution in [-0.2, 0) is 13.0 Å². The Morgan fingerprint density at radius 3 is 2.34 bits per heavy atom. The minimum Gasteiger partial charge on any atom is -0.497 e. The van der Waals surface area contributed by atoms with E-state index in [0.29, 0.717) is 13.1 Å². The summed E-state index contributed by atoms with van der Waals surface area (Å²) < 4.78 is 16.7. The maximum atomic E-state index is 12.1. The lowest BCUT2D eigenvalue weighted by Gasteiger charge is -2.17. The molecule has 0 aliphatic heterocycles. The van der Waals surface area contributed by atoms with Gasteiger partial charge in [0.15, 0.2) is 11.5 Å². The zero-order chi connectivity index (χ0) is 20.5. The van der Waals surface area contributed by atoms with Crippen LogP contribution in [0.2, 0.25) is 0 Å². The summed E-state index contributed by atoms with van der Waals surface area (Å²) in [6, 6.07) is 13.4. The van der Waals surface area contributed by atoms with Crippen molar-refractivity contribution in [3.63, 3.8) is 0 Å². The number of carbonyl (C=O) groups excluding carboxylic acids is 1. The lowest BCUT2D eigenvalue weighted by atomic mass is 10.1. The van der Waals surface area contributed by atoms with Gasteiger partial charge in [-0.05, 0) is 67.5 Å². The summed E-state index contributed by atoms with van der Waals surface area (Å²) in [6.45, 7) is 0.996. The molecule has 156 valence electrons. The van der Waals surface area contributed by atoms with Gasteiger partial charge in [-0.3, -0.25) is 0 Å². The second-order valence-corrected chi connectivity index (χ2v) is 7.22. The van der Waals surface area contributed by atoms with Crippen molar-refractivity contribution in [3.8, 4) is 17.2 Å². The minimum atomic E-state index is -0.187. The topological polar surface area (TPSA) is 68.8 Å². The van der Waals surface area contributed by atoms with Crippen LogP contribution in [0.25, 0.3) is 0 Å². The van der Waals surface area contributed by atoms with E-state index in [1.807, 2.05) is 42.5 Å². The van der Waals surface area contributed by atoms with Gasteiger partial charge in [0.2, 0.25) is 0 Å². The van der Waals surface area contributed by atoms with E-state index in [1.165, 1.54) is 12.8 Å². The third-order valence-electron chi connectivity index (χ3n) is 5.14. The van der Waals surface area contributed by atoms with Crippen molar-refractivity contribution in [1.29, 1.82) is 0 Å². The van der Waals surface area contributed by atoms with Crippen LogP contribution >= 0.6 is 0 Å². The maximum absolute atomic E-state index is 12.1. The Hall–Kier alpha value is -2.89. The molecule has 0 radical (unpaired) electrons. The van der Waals surface area contributed by atoms with Gasteiger partial charge in [-0.15, -0.1) is 0 Å². The highest BCUT2D eigenvalue weighted by Gasteiger charge is 2.18. The third kappa shape index (κ3) is 6.31. The molecule has 6 heteroatoms. The quantitative estimate of drug-likeness (QED) is 0.668. The summed E-state index contributed by atoms with van der Waals surface area (Å²) in [5.41, 5.74) is 2.12. The molecule has 2 amide bonds. The molecular formula is C23H30N2O4. The Labute approximate surface area is 172 Å². The maximum Gasteiger partial charge on any atom is 0.315 e. The molecule has 1 fully saturated rings. The number of nitrogens with one attached hydrogen (secondary N) is 2. The van der Waals surface area contributed by atoms with E-state index in [1.54, 1.807) is 14.2 Å². The van der Waals surface area contributed by atoms with E-state index in [0.717, 1.165) is 47.6 Å². The number of hydrogen-bond acceptors (Lipinski definition) is 4. The van der Waals surface area contributed by atoms with Gasteiger partial charge in [0.25, 0.3) is 0 Å². The van der Waals surface area contributed by atoms with Gasteiger partial charge in [0.05, 0.1) is 20.3 Å². The van der Waals surface area contributed by atoms with E-state index >= 15 is 0 Å². The average molecular weight is 399 g/mol. The Morgan fingerprint density at radius 1 is 0.931 bits per heavy atom. The van der Waals surface area contributed by atoms with Gasteiger partial charge in [-0.1, -0.05) is 18.2 Å². The molecule has 0 unspecified atom stereocenters. The first-order valence-corrected chi connectivity index (χ1v) is 10.2. The molecule has 3 rings (SSSR count). The molecule has 2 N–H and O–H groups in total. The zero-order valence-corrected chi connectivity index (χ0v) is 17.2. The highest BCUT2D eigenvalue weighted by molar-refractivity contribution is 5.73. The SMILES string of the molecule is COc1ccc(CCNC(=O)NCc2ccc(OC)c(OC3CCCC3)c2)cc1. The Kier molecular flexibility index (Phi) is 7.61. The predicted octanol–water partition coefficient (Wildman–Crippen LogP) is 4.07. The van der Waals surface area contributed by atoms with Crippen molar-refractivity contribution < 1.29 is 19.0 Å². The van der Waals surface area contributed by atoms with Crippen LogP contribution in [0.5, 0.6) is 17.2 Å². The van der Waals surface area contributed by atoms with Crippen molar-refractivity contribution in [3.05, 3.63) is 53.6 Å². The molecule has 6 nitrogen and oxygen atoms in total. The molecule has 2 aromatic rings. The first-order valence-electron chi connectivity index (χ1n) is 10.2. The van der Waals surface area contributed by atoms with Crippen molar-refractivity contribution in [2.24, 2.45) is 0 Å². The van der Waals surface area contributed by atoms with E-state index in [9.17, 15) is 4.79 Å². The number of benzene rings is 2.